The normalized spacial score (nSPS) is 12.0. The molecule has 0 saturated heterocycles. The summed E-state index contributed by atoms with van der Waals surface area (Å²) in [6, 6.07) is 13.4. The molecular formula is C16H15BrFNO2. The number of carbonyl (C=O) groups excluding carboxylic acids is 1. The molecule has 0 saturated carbocycles. The molecule has 0 aliphatic heterocycles. The zero-order valence-corrected chi connectivity index (χ0v) is 12.8. The molecular weight excluding hydrogens is 337 g/mol. The van der Waals surface area contributed by atoms with Crippen LogP contribution < -0.4 is 5.32 Å². The van der Waals surface area contributed by atoms with Crippen LogP contribution in [0.15, 0.2) is 53.0 Å². The van der Waals surface area contributed by atoms with E-state index in [1.807, 2.05) is 30.3 Å². The van der Waals surface area contributed by atoms with Gasteiger partial charge in [-0.3, -0.25) is 4.79 Å². The van der Waals surface area contributed by atoms with E-state index in [0.717, 1.165) is 5.56 Å². The van der Waals surface area contributed by atoms with Crippen molar-refractivity contribution in [2.24, 2.45) is 0 Å². The van der Waals surface area contributed by atoms with Crippen molar-refractivity contribution >= 4 is 21.8 Å². The molecule has 1 amide bonds. The zero-order chi connectivity index (χ0) is 15.2. The first-order valence-electron chi connectivity index (χ1n) is 6.51. The Morgan fingerprint density at radius 3 is 2.52 bits per heavy atom. The summed E-state index contributed by atoms with van der Waals surface area (Å²) in [5.74, 6) is -1.15. The van der Waals surface area contributed by atoms with Crippen LogP contribution in [0, 0.1) is 5.82 Å². The summed E-state index contributed by atoms with van der Waals surface area (Å²) in [5, 5.41) is 12.1. The van der Waals surface area contributed by atoms with Crippen LogP contribution in [0.2, 0.25) is 0 Å². The number of aliphatic hydroxyl groups is 1. The first-order valence-corrected chi connectivity index (χ1v) is 7.30. The van der Waals surface area contributed by atoms with Crippen LogP contribution in [-0.2, 0) is 6.42 Å². The smallest absolute Gasteiger partial charge is 0.255 e. The summed E-state index contributed by atoms with van der Waals surface area (Å²) in [6.07, 6.45) is 0.481. The highest BCUT2D eigenvalue weighted by molar-refractivity contribution is 9.10. The van der Waals surface area contributed by atoms with Crippen molar-refractivity contribution in [1.82, 2.24) is 5.32 Å². The molecule has 0 unspecified atom stereocenters. The molecule has 0 fully saturated rings. The highest BCUT2D eigenvalue weighted by Gasteiger charge is 2.19. The summed E-state index contributed by atoms with van der Waals surface area (Å²) in [4.78, 5) is 12.2. The largest absolute Gasteiger partial charge is 0.394 e. The maximum atomic E-state index is 13.7. The van der Waals surface area contributed by atoms with Crippen LogP contribution in [0.1, 0.15) is 15.9 Å². The van der Waals surface area contributed by atoms with Gasteiger partial charge in [0.15, 0.2) is 0 Å². The number of hydrogen-bond donors (Lipinski definition) is 2. The molecule has 21 heavy (non-hydrogen) atoms. The van der Waals surface area contributed by atoms with E-state index in [1.165, 1.54) is 12.1 Å². The first kappa shape index (κ1) is 15.7. The lowest BCUT2D eigenvalue weighted by Crippen LogP contribution is -2.39. The van der Waals surface area contributed by atoms with E-state index in [2.05, 4.69) is 21.2 Å². The van der Waals surface area contributed by atoms with Gasteiger partial charge in [0.05, 0.1) is 18.2 Å². The Morgan fingerprint density at radius 1 is 1.19 bits per heavy atom. The van der Waals surface area contributed by atoms with Crippen LogP contribution in [-0.4, -0.2) is 23.7 Å². The first-order chi connectivity index (χ1) is 10.1. The third kappa shape index (κ3) is 4.12. The van der Waals surface area contributed by atoms with Gasteiger partial charge in [-0.25, -0.2) is 4.39 Å². The van der Waals surface area contributed by atoms with Crippen molar-refractivity contribution in [2.75, 3.05) is 6.61 Å². The Bertz CT molecular complexity index is 599. The molecule has 3 nitrogen and oxygen atoms in total. The van der Waals surface area contributed by atoms with Crippen molar-refractivity contribution in [3.63, 3.8) is 0 Å². The van der Waals surface area contributed by atoms with E-state index in [1.54, 1.807) is 6.07 Å². The predicted octanol–water partition coefficient (Wildman–Crippen LogP) is 2.92. The van der Waals surface area contributed by atoms with Crippen LogP contribution in [0.3, 0.4) is 0 Å². The molecule has 0 aliphatic carbocycles. The van der Waals surface area contributed by atoms with Gasteiger partial charge in [-0.15, -0.1) is 0 Å². The van der Waals surface area contributed by atoms with E-state index < -0.39 is 17.8 Å². The molecule has 2 rings (SSSR count). The third-order valence-electron chi connectivity index (χ3n) is 3.07. The minimum atomic E-state index is -0.599. The van der Waals surface area contributed by atoms with Crippen LogP contribution in [0.5, 0.6) is 0 Å². The van der Waals surface area contributed by atoms with E-state index in [0.29, 0.717) is 10.9 Å². The van der Waals surface area contributed by atoms with Crippen LogP contribution in [0.25, 0.3) is 0 Å². The van der Waals surface area contributed by atoms with Gasteiger partial charge in [-0.05, 0) is 40.0 Å². The second-order valence-corrected chi connectivity index (χ2v) is 5.49. The fraction of sp³-hybridized carbons (Fsp3) is 0.188. The van der Waals surface area contributed by atoms with Crippen molar-refractivity contribution < 1.29 is 14.3 Å². The topological polar surface area (TPSA) is 49.3 Å². The minimum absolute atomic E-state index is 0.0518. The molecule has 0 radical (unpaired) electrons. The van der Waals surface area contributed by atoms with Crippen molar-refractivity contribution in [2.45, 2.75) is 12.5 Å². The highest BCUT2D eigenvalue weighted by atomic mass is 79.9. The highest BCUT2D eigenvalue weighted by Crippen LogP contribution is 2.19. The van der Waals surface area contributed by atoms with Gasteiger partial charge in [0, 0.05) is 4.47 Å². The number of benzene rings is 2. The Labute approximate surface area is 130 Å². The molecule has 0 heterocycles. The van der Waals surface area contributed by atoms with Crippen LogP contribution in [0.4, 0.5) is 4.39 Å². The Balaban J connectivity index is 2.10. The van der Waals surface area contributed by atoms with Gasteiger partial charge >= 0.3 is 0 Å². The molecule has 0 aromatic heterocycles. The maximum absolute atomic E-state index is 13.7. The number of amides is 1. The maximum Gasteiger partial charge on any atom is 0.255 e. The summed E-state index contributed by atoms with van der Waals surface area (Å²) in [7, 11) is 0. The van der Waals surface area contributed by atoms with Gasteiger partial charge in [-0.2, -0.15) is 0 Å². The second-order valence-electron chi connectivity index (χ2n) is 4.64. The van der Waals surface area contributed by atoms with Gasteiger partial charge in [-0.1, -0.05) is 36.4 Å². The number of halogens is 2. The molecule has 5 heteroatoms. The molecule has 2 N–H and O–H groups in total. The molecule has 1 atom stereocenters. The van der Waals surface area contributed by atoms with Gasteiger partial charge in [0.25, 0.3) is 5.91 Å². The van der Waals surface area contributed by atoms with E-state index in [9.17, 15) is 14.3 Å². The lowest BCUT2D eigenvalue weighted by atomic mass is 10.1. The number of rotatable bonds is 5. The standard InChI is InChI=1S/C16H15BrFNO2/c17-13-7-4-8-14(18)15(13)16(21)19-12(10-20)9-11-5-2-1-3-6-11/h1-8,12,20H,9-10H2,(H,19,21)/t12-/m1/s1. The summed E-state index contributed by atoms with van der Waals surface area (Å²) >= 11 is 3.16. The average Bonchev–Trinajstić information content (AvgIpc) is 2.47. The Morgan fingerprint density at radius 2 is 1.90 bits per heavy atom. The zero-order valence-electron chi connectivity index (χ0n) is 11.2. The molecule has 2 aromatic rings. The monoisotopic (exact) mass is 351 g/mol. The lowest BCUT2D eigenvalue weighted by Gasteiger charge is -2.17. The van der Waals surface area contributed by atoms with E-state index >= 15 is 0 Å². The lowest BCUT2D eigenvalue weighted by molar-refractivity contribution is 0.0911. The summed E-state index contributed by atoms with van der Waals surface area (Å²) in [5.41, 5.74) is 0.938. The van der Waals surface area contributed by atoms with Gasteiger partial charge in [0.1, 0.15) is 5.82 Å². The minimum Gasteiger partial charge on any atom is -0.394 e. The molecule has 0 spiro atoms. The number of hydrogen-bond acceptors (Lipinski definition) is 2. The van der Waals surface area contributed by atoms with E-state index in [-0.39, 0.29) is 12.2 Å². The van der Waals surface area contributed by atoms with Gasteiger partial charge < -0.3 is 10.4 Å². The Hall–Kier alpha value is -1.72. The summed E-state index contributed by atoms with van der Waals surface area (Å²) in [6.45, 7) is -0.216. The van der Waals surface area contributed by atoms with Gasteiger partial charge in [0.2, 0.25) is 0 Å². The average molecular weight is 352 g/mol. The molecule has 0 aliphatic rings. The second kappa shape index (κ2) is 7.33. The fourth-order valence-electron chi connectivity index (χ4n) is 2.03. The van der Waals surface area contributed by atoms with Crippen molar-refractivity contribution in [1.29, 1.82) is 0 Å². The quantitative estimate of drug-likeness (QED) is 0.869. The summed E-state index contributed by atoms with van der Waals surface area (Å²) < 4.78 is 14.1. The van der Waals surface area contributed by atoms with Crippen LogP contribution >= 0.6 is 15.9 Å². The molecule has 0 bridgehead atoms. The Kier molecular flexibility index (Phi) is 5.47. The van der Waals surface area contributed by atoms with Crippen molar-refractivity contribution in [3.05, 3.63) is 69.9 Å². The predicted molar refractivity (Wildman–Crippen MR) is 82.6 cm³/mol. The van der Waals surface area contributed by atoms with E-state index in [4.69, 9.17) is 0 Å². The molecule has 2 aromatic carbocycles. The molecule has 110 valence electrons. The number of aliphatic hydroxyl groups excluding tert-OH is 1. The SMILES string of the molecule is O=C(N[C@@H](CO)Cc1ccccc1)c1c(F)cccc1Br. The third-order valence-corrected chi connectivity index (χ3v) is 3.73. The number of carbonyl (C=O) groups is 1. The van der Waals surface area contributed by atoms with Crippen molar-refractivity contribution in [3.8, 4) is 0 Å². The fourth-order valence-corrected chi connectivity index (χ4v) is 2.55. The number of nitrogens with one attached hydrogen (secondary N) is 1.